The second-order valence-corrected chi connectivity index (χ2v) is 12.5. The molecule has 6 aromatic rings. The van der Waals surface area contributed by atoms with Gasteiger partial charge in [-0.1, -0.05) is 59.3 Å². The van der Waals surface area contributed by atoms with Crippen molar-refractivity contribution in [2.75, 3.05) is 9.80 Å². The maximum Gasteiger partial charge on any atom is 0.297 e. The van der Waals surface area contributed by atoms with Crippen molar-refractivity contribution in [3.8, 4) is 0 Å². The fourth-order valence-electron chi connectivity index (χ4n) is 6.52. The highest BCUT2D eigenvalue weighted by atomic mass is 35.5. The Morgan fingerprint density at radius 2 is 1.75 bits per heavy atom. The van der Waals surface area contributed by atoms with Crippen molar-refractivity contribution in [1.29, 1.82) is 0 Å². The molecule has 1 spiro atoms. The van der Waals surface area contributed by atoms with Gasteiger partial charge in [0.05, 0.1) is 33.4 Å². The smallest absolute Gasteiger partial charge is 0.297 e. The van der Waals surface area contributed by atoms with Gasteiger partial charge in [-0.2, -0.15) is 0 Å². The standard InChI is InChI=1S/C34H21ClFN3O4S/c1-17-13-18(2)28-26(14-17)44-33(37-28)39-31(41)30-27(29(40)22-15-21(36)11-12-25(22)43-30)34(39)23-5-3-4-6-24(23)38(32(34)42)16-19-7-9-20(35)10-8-19/h3-15H,16H2,1-2H3. The molecule has 4 aromatic carbocycles. The topological polar surface area (TPSA) is 83.7 Å². The molecule has 0 bridgehead atoms. The first kappa shape index (κ1) is 26.7. The van der Waals surface area contributed by atoms with Crippen molar-refractivity contribution in [2.45, 2.75) is 25.9 Å². The molecule has 0 saturated heterocycles. The summed E-state index contributed by atoms with van der Waals surface area (Å²) in [5.74, 6) is -2.10. The number of para-hydroxylation sites is 1. The number of carbonyl (C=O) groups is 2. The molecular weight excluding hydrogens is 601 g/mol. The molecule has 0 radical (unpaired) electrons. The largest absolute Gasteiger partial charge is 0.450 e. The van der Waals surface area contributed by atoms with E-state index in [1.165, 1.54) is 22.3 Å². The molecule has 4 heterocycles. The van der Waals surface area contributed by atoms with Crippen LogP contribution in [-0.2, 0) is 16.9 Å². The van der Waals surface area contributed by atoms with Gasteiger partial charge in [-0.3, -0.25) is 19.3 Å². The number of nitrogens with zero attached hydrogens (tertiary/aromatic N) is 3. The van der Waals surface area contributed by atoms with E-state index < -0.39 is 28.6 Å². The summed E-state index contributed by atoms with van der Waals surface area (Å²) in [6.07, 6.45) is 0. The molecule has 0 aliphatic carbocycles. The van der Waals surface area contributed by atoms with Crippen LogP contribution in [0.5, 0.6) is 0 Å². The molecule has 216 valence electrons. The summed E-state index contributed by atoms with van der Waals surface area (Å²) in [6, 6.07) is 21.7. The van der Waals surface area contributed by atoms with E-state index in [-0.39, 0.29) is 34.0 Å². The zero-order chi connectivity index (χ0) is 30.5. The molecule has 2 aliphatic heterocycles. The number of aryl methyl sites for hydroxylation is 2. The number of benzene rings is 4. The van der Waals surface area contributed by atoms with E-state index >= 15 is 4.79 Å². The summed E-state index contributed by atoms with van der Waals surface area (Å²) in [5, 5.41) is 0.740. The van der Waals surface area contributed by atoms with Gasteiger partial charge in [-0.15, -0.1) is 0 Å². The third kappa shape index (κ3) is 3.54. The minimum absolute atomic E-state index is 0.0491. The highest BCUT2D eigenvalue weighted by molar-refractivity contribution is 7.22. The van der Waals surface area contributed by atoms with Crippen molar-refractivity contribution >= 4 is 66.8 Å². The van der Waals surface area contributed by atoms with Crippen LogP contribution in [0.1, 0.15) is 38.4 Å². The molecule has 1 unspecified atom stereocenters. The van der Waals surface area contributed by atoms with Crippen molar-refractivity contribution in [2.24, 2.45) is 0 Å². The number of anilines is 2. The van der Waals surface area contributed by atoms with Gasteiger partial charge < -0.3 is 9.32 Å². The van der Waals surface area contributed by atoms with Gasteiger partial charge >= 0.3 is 0 Å². The number of rotatable bonds is 3. The van der Waals surface area contributed by atoms with Crippen molar-refractivity contribution in [3.63, 3.8) is 0 Å². The van der Waals surface area contributed by atoms with Crippen LogP contribution in [0.4, 0.5) is 15.2 Å². The van der Waals surface area contributed by atoms with Crippen molar-refractivity contribution < 1.29 is 18.4 Å². The summed E-state index contributed by atoms with van der Waals surface area (Å²) in [5.41, 5.74) is 1.70. The van der Waals surface area contributed by atoms with Gasteiger partial charge in [0.1, 0.15) is 11.4 Å². The van der Waals surface area contributed by atoms with E-state index in [1.807, 2.05) is 38.1 Å². The van der Waals surface area contributed by atoms with Gasteiger partial charge in [-0.25, -0.2) is 9.37 Å². The van der Waals surface area contributed by atoms with Crippen LogP contribution < -0.4 is 15.2 Å². The van der Waals surface area contributed by atoms with Crippen LogP contribution in [0.15, 0.2) is 88.1 Å². The summed E-state index contributed by atoms with van der Waals surface area (Å²) in [7, 11) is 0. The van der Waals surface area contributed by atoms with Crippen LogP contribution >= 0.6 is 22.9 Å². The highest BCUT2D eigenvalue weighted by Crippen LogP contribution is 2.55. The second-order valence-electron chi connectivity index (χ2n) is 11.1. The summed E-state index contributed by atoms with van der Waals surface area (Å²) in [6.45, 7) is 4.06. The fraction of sp³-hybridized carbons (Fsp3) is 0.118. The van der Waals surface area contributed by atoms with Crippen LogP contribution in [0.3, 0.4) is 0 Å². The molecule has 44 heavy (non-hydrogen) atoms. The van der Waals surface area contributed by atoms with Gasteiger partial charge in [0.2, 0.25) is 5.76 Å². The third-order valence-electron chi connectivity index (χ3n) is 8.35. The second kappa shape index (κ2) is 9.32. The Labute approximate surface area is 258 Å². The van der Waals surface area contributed by atoms with E-state index in [2.05, 4.69) is 0 Å². The molecule has 8 rings (SSSR count). The van der Waals surface area contributed by atoms with Crippen LogP contribution in [-0.4, -0.2) is 16.8 Å². The average Bonchev–Trinajstić information content (AvgIpc) is 3.61. The number of hydrogen-bond acceptors (Lipinski definition) is 6. The van der Waals surface area contributed by atoms with Gasteiger partial charge in [-0.05, 0) is 73.0 Å². The molecular formula is C34H21ClFN3O4S. The molecule has 2 amide bonds. The number of halogens is 2. The van der Waals surface area contributed by atoms with Crippen molar-refractivity contribution in [3.05, 3.63) is 134 Å². The zero-order valence-electron chi connectivity index (χ0n) is 23.4. The van der Waals surface area contributed by atoms with Gasteiger partial charge in [0.15, 0.2) is 16.1 Å². The highest BCUT2D eigenvalue weighted by Gasteiger charge is 2.66. The maximum absolute atomic E-state index is 15.1. The number of amides is 2. The number of fused-ring (bicyclic) bond motifs is 6. The predicted octanol–water partition coefficient (Wildman–Crippen LogP) is 7.26. The summed E-state index contributed by atoms with van der Waals surface area (Å²) in [4.78, 5) is 51.7. The van der Waals surface area contributed by atoms with Crippen LogP contribution in [0, 0.1) is 19.7 Å². The third-order valence-corrected chi connectivity index (χ3v) is 9.59. The summed E-state index contributed by atoms with van der Waals surface area (Å²) >= 11 is 7.38. The summed E-state index contributed by atoms with van der Waals surface area (Å²) < 4.78 is 21.3. The lowest BCUT2D eigenvalue weighted by Gasteiger charge is -2.32. The minimum atomic E-state index is -1.94. The maximum atomic E-state index is 15.1. The molecule has 2 aliphatic rings. The molecule has 0 fully saturated rings. The molecule has 10 heteroatoms. The van der Waals surface area contributed by atoms with E-state index in [9.17, 15) is 14.0 Å². The normalized spacial score (nSPS) is 17.4. The lowest BCUT2D eigenvalue weighted by atomic mass is 9.84. The Hall–Kier alpha value is -4.86. The van der Waals surface area contributed by atoms with Gasteiger partial charge in [0, 0.05) is 10.6 Å². The first-order chi connectivity index (χ1) is 21.2. The van der Waals surface area contributed by atoms with Crippen LogP contribution in [0.2, 0.25) is 5.02 Å². The quantitative estimate of drug-likeness (QED) is 0.208. The zero-order valence-corrected chi connectivity index (χ0v) is 24.9. The van der Waals surface area contributed by atoms with Gasteiger partial charge in [0.25, 0.3) is 11.8 Å². The Morgan fingerprint density at radius 1 is 0.977 bits per heavy atom. The fourth-order valence-corrected chi connectivity index (χ4v) is 7.84. The lowest BCUT2D eigenvalue weighted by Crippen LogP contribution is -2.53. The SMILES string of the molecule is Cc1cc(C)c2nc(N3C(=O)c4oc5ccc(F)cc5c(=O)c4C34C(=O)N(Cc3ccc(Cl)cc3)c3ccccc34)sc2c1. The monoisotopic (exact) mass is 621 g/mol. The molecule has 1 atom stereocenters. The average molecular weight is 622 g/mol. The molecule has 0 saturated carbocycles. The Kier molecular flexibility index (Phi) is 5.66. The predicted molar refractivity (Wildman–Crippen MR) is 168 cm³/mol. The molecule has 2 aromatic heterocycles. The van der Waals surface area contributed by atoms with Crippen molar-refractivity contribution in [1.82, 2.24) is 4.98 Å². The molecule has 0 N–H and O–H groups in total. The van der Waals surface area contributed by atoms with E-state index in [1.54, 1.807) is 41.3 Å². The van der Waals surface area contributed by atoms with E-state index in [4.69, 9.17) is 21.0 Å². The number of aromatic nitrogens is 1. The van der Waals surface area contributed by atoms with E-state index in [0.717, 1.165) is 33.5 Å². The number of carbonyl (C=O) groups excluding carboxylic acids is 2. The first-order valence-electron chi connectivity index (χ1n) is 13.8. The minimum Gasteiger partial charge on any atom is -0.450 e. The number of hydrogen-bond donors (Lipinski definition) is 0. The van der Waals surface area contributed by atoms with Crippen LogP contribution in [0.25, 0.3) is 21.2 Å². The van der Waals surface area contributed by atoms with E-state index in [0.29, 0.717) is 21.8 Å². The Balaban J connectivity index is 1.45. The number of thiazole rings is 1. The Morgan fingerprint density at radius 3 is 2.55 bits per heavy atom. The molecule has 7 nitrogen and oxygen atoms in total. The first-order valence-corrected chi connectivity index (χ1v) is 15.0. The lowest BCUT2D eigenvalue weighted by molar-refractivity contribution is -0.121. The Bertz CT molecular complexity index is 2300.